The van der Waals surface area contributed by atoms with Crippen LogP contribution in [-0.2, 0) is 33.3 Å². The van der Waals surface area contributed by atoms with Crippen LogP contribution in [0.2, 0.25) is 0 Å². The highest BCUT2D eigenvalue weighted by atomic mass is 16.6. The highest BCUT2D eigenvalue weighted by molar-refractivity contribution is 5.91. The predicted octanol–water partition coefficient (Wildman–Crippen LogP) is 3.32. The molecule has 0 spiro atoms. The first kappa shape index (κ1) is 31.8. The van der Waals surface area contributed by atoms with Crippen molar-refractivity contribution in [2.75, 3.05) is 6.61 Å². The second kappa shape index (κ2) is 11.2. The zero-order valence-corrected chi connectivity index (χ0v) is 25.3. The molecule has 1 heterocycles. The largest absolute Gasteiger partial charge is 0.455 e. The molecule has 2 aliphatic carbocycles. The quantitative estimate of drug-likeness (QED) is 0.264. The summed E-state index contributed by atoms with van der Waals surface area (Å²) in [5.74, 6) is -3.63. The van der Waals surface area contributed by atoms with Crippen molar-refractivity contribution in [3.05, 3.63) is 47.5 Å². The van der Waals surface area contributed by atoms with E-state index in [1.54, 1.807) is 64.1 Å². The molecule has 10 heteroatoms. The lowest BCUT2D eigenvalue weighted by atomic mass is 9.49. The Labute approximate surface area is 246 Å². The molecular formula is C32H42O10. The van der Waals surface area contributed by atoms with Crippen molar-refractivity contribution >= 4 is 23.7 Å². The van der Waals surface area contributed by atoms with E-state index in [1.165, 1.54) is 20.8 Å². The van der Waals surface area contributed by atoms with Crippen molar-refractivity contribution in [2.45, 2.75) is 103 Å². The fourth-order valence-corrected chi connectivity index (χ4v) is 7.36. The maximum Gasteiger partial charge on any atom is 0.338 e. The molecule has 2 N–H and O–H groups in total. The zero-order chi connectivity index (χ0) is 31.3. The Morgan fingerprint density at radius 3 is 2.21 bits per heavy atom. The summed E-state index contributed by atoms with van der Waals surface area (Å²) in [6, 6.07) is 8.23. The molecule has 0 aromatic heterocycles. The fourth-order valence-electron chi connectivity index (χ4n) is 7.36. The van der Waals surface area contributed by atoms with Crippen LogP contribution in [0.4, 0.5) is 0 Å². The van der Waals surface area contributed by atoms with Crippen molar-refractivity contribution in [3.63, 3.8) is 0 Å². The smallest absolute Gasteiger partial charge is 0.338 e. The molecule has 1 saturated heterocycles. The van der Waals surface area contributed by atoms with Gasteiger partial charge in [-0.15, -0.1) is 0 Å². The minimum Gasteiger partial charge on any atom is -0.455 e. The lowest BCUT2D eigenvalue weighted by molar-refractivity contribution is -0.329. The number of aliphatic hydroxyl groups is 2. The zero-order valence-electron chi connectivity index (χ0n) is 25.3. The number of ether oxygens (including phenoxy) is 4. The van der Waals surface area contributed by atoms with Gasteiger partial charge in [-0.3, -0.25) is 14.4 Å². The molecule has 3 aliphatic rings. The van der Waals surface area contributed by atoms with Gasteiger partial charge >= 0.3 is 17.9 Å². The van der Waals surface area contributed by atoms with Crippen LogP contribution >= 0.6 is 0 Å². The van der Waals surface area contributed by atoms with Crippen LogP contribution < -0.4 is 0 Å². The van der Waals surface area contributed by atoms with Crippen molar-refractivity contribution < 1.29 is 48.3 Å². The number of hydrogen-bond acceptors (Lipinski definition) is 10. The minimum absolute atomic E-state index is 0.0972. The highest BCUT2D eigenvalue weighted by Crippen LogP contribution is 2.60. The molecule has 8 unspecified atom stereocenters. The third kappa shape index (κ3) is 5.29. The summed E-state index contributed by atoms with van der Waals surface area (Å²) in [7, 11) is 0. The van der Waals surface area contributed by atoms with Crippen LogP contribution in [0.3, 0.4) is 0 Å². The molecule has 2 fully saturated rings. The van der Waals surface area contributed by atoms with Crippen molar-refractivity contribution in [3.8, 4) is 0 Å². The van der Waals surface area contributed by atoms with E-state index in [1.807, 2.05) is 0 Å². The molecule has 8 atom stereocenters. The molecule has 0 amide bonds. The Kier molecular flexibility index (Phi) is 8.50. The number of esters is 3. The summed E-state index contributed by atoms with van der Waals surface area (Å²) >= 11 is 0. The van der Waals surface area contributed by atoms with Gasteiger partial charge in [0.15, 0.2) is 17.5 Å². The van der Waals surface area contributed by atoms with E-state index in [0.717, 1.165) is 0 Å². The Hall–Kier alpha value is -3.08. The molecule has 1 aromatic rings. The molecule has 1 aromatic carbocycles. The average molecular weight is 587 g/mol. The van der Waals surface area contributed by atoms with Gasteiger partial charge in [0.05, 0.1) is 24.2 Å². The van der Waals surface area contributed by atoms with Gasteiger partial charge in [0.2, 0.25) is 0 Å². The number of rotatable bonds is 8. The number of ketones is 1. The van der Waals surface area contributed by atoms with Gasteiger partial charge in [0.1, 0.15) is 17.8 Å². The Morgan fingerprint density at radius 1 is 1.02 bits per heavy atom. The number of carbonyl (C=O) groups excluding carboxylic acids is 4. The van der Waals surface area contributed by atoms with Gasteiger partial charge in [0, 0.05) is 31.1 Å². The molecule has 230 valence electrons. The number of aliphatic hydroxyl groups excluding tert-OH is 1. The molecule has 10 nitrogen and oxygen atoms in total. The van der Waals surface area contributed by atoms with E-state index >= 15 is 0 Å². The maximum atomic E-state index is 14.3. The SMILES string of the molecule is CC(=O)OC(C)C(=O)C1(C)CCC2OCC2(OC(C)=O)C1C(OC(=O)c1ccccc1)C1(O)CC(O)C(C)=CC1(C)C. The van der Waals surface area contributed by atoms with Crippen LogP contribution in [0.15, 0.2) is 42.0 Å². The van der Waals surface area contributed by atoms with Crippen LogP contribution in [0, 0.1) is 16.7 Å². The summed E-state index contributed by atoms with van der Waals surface area (Å²) in [6.07, 6.45) is -2.27. The van der Waals surface area contributed by atoms with E-state index < -0.39 is 76.1 Å². The van der Waals surface area contributed by atoms with E-state index in [4.69, 9.17) is 18.9 Å². The summed E-state index contributed by atoms with van der Waals surface area (Å²) in [4.78, 5) is 52.4. The molecule has 0 bridgehead atoms. The second-order valence-electron chi connectivity index (χ2n) is 12.8. The van der Waals surface area contributed by atoms with Crippen molar-refractivity contribution in [2.24, 2.45) is 16.7 Å². The summed E-state index contributed by atoms with van der Waals surface area (Å²) < 4.78 is 23.4. The maximum absolute atomic E-state index is 14.3. The minimum atomic E-state index is -1.93. The van der Waals surface area contributed by atoms with Crippen LogP contribution in [0.1, 0.15) is 78.1 Å². The third-order valence-corrected chi connectivity index (χ3v) is 9.55. The second-order valence-corrected chi connectivity index (χ2v) is 12.8. The van der Waals surface area contributed by atoms with Gasteiger partial charge in [-0.05, 0) is 44.4 Å². The highest BCUT2D eigenvalue weighted by Gasteiger charge is 2.73. The van der Waals surface area contributed by atoms with Gasteiger partial charge in [-0.2, -0.15) is 0 Å². The van der Waals surface area contributed by atoms with Crippen molar-refractivity contribution in [1.82, 2.24) is 0 Å². The number of hydrogen-bond donors (Lipinski definition) is 2. The molecule has 42 heavy (non-hydrogen) atoms. The summed E-state index contributed by atoms with van der Waals surface area (Å²) in [5, 5.41) is 23.7. The molecular weight excluding hydrogens is 544 g/mol. The summed E-state index contributed by atoms with van der Waals surface area (Å²) in [5.41, 5.74) is -5.01. The lowest BCUT2D eigenvalue weighted by Crippen LogP contribution is -2.77. The molecule has 4 rings (SSSR count). The van der Waals surface area contributed by atoms with Crippen LogP contribution in [0.25, 0.3) is 0 Å². The monoisotopic (exact) mass is 586 g/mol. The number of carbonyl (C=O) groups is 4. The standard InChI is InChI=1S/C32H42O10/c1-18-15-29(5,6)32(38,16-23(18)35)27(41-28(37)22-11-9-8-10-12-22)25-30(7,26(36)19(2)40-20(3)33)14-13-24-31(25,17-39-24)42-21(4)34/h8-12,15,19,23-25,27,35,38H,13-14,16-17H2,1-7H3. The average Bonchev–Trinajstić information content (AvgIpc) is 2.88. The number of benzene rings is 1. The molecule has 1 saturated carbocycles. The lowest BCUT2D eigenvalue weighted by Gasteiger charge is -2.64. The van der Waals surface area contributed by atoms with E-state index in [-0.39, 0.29) is 25.0 Å². The van der Waals surface area contributed by atoms with Gasteiger partial charge in [-0.25, -0.2) is 4.79 Å². The van der Waals surface area contributed by atoms with Gasteiger partial charge in [0.25, 0.3) is 0 Å². The molecule has 0 radical (unpaired) electrons. The normalized spacial score (nSPS) is 34.9. The van der Waals surface area contributed by atoms with Crippen molar-refractivity contribution in [1.29, 1.82) is 0 Å². The molecule has 1 aliphatic heterocycles. The number of Topliss-reactive ketones (excluding diaryl/α,β-unsaturated/α-hetero) is 1. The van der Waals surface area contributed by atoms with Crippen LogP contribution in [0.5, 0.6) is 0 Å². The first-order valence-corrected chi connectivity index (χ1v) is 14.4. The Balaban J connectivity index is 1.97. The topological polar surface area (TPSA) is 146 Å². The first-order valence-electron chi connectivity index (χ1n) is 14.4. The van der Waals surface area contributed by atoms with Crippen LogP contribution in [-0.4, -0.2) is 76.1 Å². The van der Waals surface area contributed by atoms with Gasteiger partial charge in [-0.1, -0.05) is 45.0 Å². The van der Waals surface area contributed by atoms with E-state index in [9.17, 15) is 29.4 Å². The van der Waals surface area contributed by atoms with E-state index in [2.05, 4.69) is 0 Å². The predicted molar refractivity (Wildman–Crippen MR) is 150 cm³/mol. The first-order chi connectivity index (χ1) is 19.5. The number of fused-ring (bicyclic) bond motifs is 1. The third-order valence-electron chi connectivity index (χ3n) is 9.55. The van der Waals surface area contributed by atoms with Gasteiger partial charge < -0.3 is 29.2 Å². The van der Waals surface area contributed by atoms with E-state index in [0.29, 0.717) is 12.0 Å². The fraction of sp³-hybridized carbons (Fsp3) is 0.625. The summed E-state index contributed by atoms with van der Waals surface area (Å²) in [6.45, 7) is 10.8. The Bertz CT molecular complexity index is 1270. The Morgan fingerprint density at radius 2 is 1.67 bits per heavy atom.